The van der Waals surface area contributed by atoms with Crippen molar-refractivity contribution < 1.29 is 84.5 Å². The molecule has 1 aliphatic carbocycles. The van der Waals surface area contributed by atoms with E-state index in [1.165, 1.54) is 22.6 Å². The summed E-state index contributed by atoms with van der Waals surface area (Å²) in [6.07, 6.45) is -10.1. The van der Waals surface area contributed by atoms with Crippen LogP contribution in [-0.2, 0) is 4.79 Å². The van der Waals surface area contributed by atoms with Crippen molar-refractivity contribution in [1.29, 1.82) is 0 Å². The van der Waals surface area contributed by atoms with Gasteiger partial charge in [0.1, 0.15) is 0 Å². The molecular formula is C20H13F17IO2-. The molecule has 1 aliphatic rings. The van der Waals surface area contributed by atoms with E-state index in [4.69, 9.17) is 0 Å². The second-order valence-electron chi connectivity index (χ2n) is 8.32. The lowest BCUT2D eigenvalue weighted by Gasteiger charge is -2.41. The fraction of sp³-hybridized carbons (Fsp3) is 0.650. The average molecular weight is 735 g/mol. The number of carbonyl (C=O) groups is 1. The topological polar surface area (TPSA) is 40.1 Å². The highest BCUT2D eigenvalue weighted by molar-refractivity contribution is 14.1. The number of carboxylic acids is 1. The molecule has 1 unspecified atom stereocenters. The molecule has 20 heteroatoms. The number of carboxylic acid groups (broad SMARTS) is 1. The second-order valence-corrected chi connectivity index (χ2v) is 9.56. The summed E-state index contributed by atoms with van der Waals surface area (Å²) in [5.74, 6) is -55.5. The molecular weight excluding hydrogens is 722 g/mol. The van der Waals surface area contributed by atoms with Crippen molar-refractivity contribution in [1.82, 2.24) is 0 Å². The van der Waals surface area contributed by atoms with E-state index in [0.29, 0.717) is 12.2 Å². The van der Waals surface area contributed by atoms with Gasteiger partial charge >= 0.3 is 41.7 Å². The summed E-state index contributed by atoms with van der Waals surface area (Å²) in [6.45, 7) is 0. The highest BCUT2D eigenvalue weighted by atomic mass is 127. The molecule has 0 aliphatic heterocycles. The van der Waals surface area contributed by atoms with Crippen molar-refractivity contribution in [3.05, 3.63) is 33.5 Å². The van der Waals surface area contributed by atoms with Crippen molar-refractivity contribution in [3.8, 4) is 0 Å². The Morgan fingerprint density at radius 1 is 0.800 bits per heavy atom. The lowest BCUT2D eigenvalue weighted by atomic mass is 9.85. The molecule has 0 spiro atoms. The van der Waals surface area contributed by atoms with Crippen LogP contribution in [0.1, 0.15) is 25.7 Å². The predicted molar refractivity (Wildman–Crippen MR) is 107 cm³/mol. The Labute approximate surface area is 226 Å². The first-order valence-corrected chi connectivity index (χ1v) is 11.3. The Hall–Kier alpha value is -1.77. The van der Waals surface area contributed by atoms with Crippen LogP contribution in [0.4, 0.5) is 74.6 Å². The van der Waals surface area contributed by atoms with Crippen molar-refractivity contribution in [2.24, 2.45) is 5.92 Å². The number of aliphatic carboxylic acids is 1. The normalized spacial score (nSPS) is 20.0. The lowest BCUT2D eigenvalue weighted by molar-refractivity contribution is -0.452. The first-order valence-electron chi connectivity index (χ1n) is 10.2. The molecule has 0 heterocycles. The maximum absolute atomic E-state index is 13.9. The molecule has 1 atom stereocenters. The maximum Gasteiger partial charge on any atom is 0.460 e. The Bertz CT molecular complexity index is 1040. The Balaban J connectivity index is 3.05. The van der Waals surface area contributed by atoms with E-state index in [1.54, 1.807) is 0 Å². The van der Waals surface area contributed by atoms with Crippen LogP contribution in [0.15, 0.2) is 33.5 Å². The Kier molecular flexibility index (Phi) is 10.1. The monoisotopic (exact) mass is 735 g/mol. The highest BCUT2D eigenvalue weighted by Crippen LogP contribution is 2.62. The summed E-state index contributed by atoms with van der Waals surface area (Å²) in [4.78, 5) is 11.1. The minimum atomic E-state index is -8.37. The molecule has 1 rings (SSSR count). The molecule has 0 saturated carbocycles. The number of allylic oxidation sites excluding steroid dienone is 5. The molecule has 0 N–H and O–H groups in total. The molecule has 40 heavy (non-hydrogen) atoms. The minimum Gasteiger partial charge on any atom is -0.549 e. The molecule has 0 fully saturated rings. The highest BCUT2D eigenvalue weighted by Gasteiger charge is 2.93. The Morgan fingerprint density at radius 2 is 1.25 bits per heavy atom. The van der Waals surface area contributed by atoms with Gasteiger partial charge in [-0.1, -0.05) is 17.7 Å². The molecule has 0 aromatic carbocycles. The van der Waals surface area contributed by atoms with Gasteiger partial charge in [-0.15, -0.1) is 0 Å². The van der Waals surface area contributed by atoms with Gasteiger partial charge in [-0.3, -0.25) is 0 Å². The van der Waals surface area contributed by atoms with Crippen LogP contribution in [0, 0.1) is 5.92 Å². The van der Waals surface area contributed by atoms with E-state index in [-0.39, 0.29) is 16.1 Å². The SMILES string of the molecule is O=C([O-])C1C(CCCC=CCC(F)(F)C(F)(F)C(F)(F)C(F)(F)C(F)(F)C(F)(F)C(F)(F)F)=CC(I)=CC1(F)F. The van der Waals surface area contributed by atoms with Crippen LogP contribution >= 0.6 is 22.6 Å². The van der Waals surface area contributed by atoms with E-state index in [2.05, 4.69) is 0 Å². The van der Waals surface area contributed by atoms with Gasteiger partial charge in [0.05, 0.1) is 11.9 Å². The summed E-state index contributed by atoms with van der Waals surface area (Å²) in [7, 11) is 0. The first-order chi connectivity index (χ1) is 17.5. The van der Waals surface area contributed by atoms with Crippen molar-refractivity contribution in [2.75, 3.05) is 0 Å². The maximum atomic E-state index is 13.9. The molecule has 2 nitrogen and oxygen atoms in total. The third-order valence-electron chi connectivity index (χ3n) is 5.41. The molecule has 0 radical (unpaired) electrons. The first kappa shape index (κ1) is 36.3. The van der Waals surface area contributed by atoms with Gasteiger partial charge in [0.2, 0.25) is 0 Å². The zero-order chi connectivity index (χ0) is 32.0. The summed E-state index contributed by atoms with van der Waals surface area (Å²) in [5, 5.41) is 11.1. The van der Waals surface area contributed by atoms with Crippen molar-refractivity contribution >= 4 is 28.6 Å². The number of alkyl halides is 17. The van der Waals surface area contributed by atoms with E-state index in [0.717, 1.165) is 6.08 Å². The third kappa shape index (κ3) is 6.19. The fourth-order valence-electron chi connectivity index (χ4n) is 3.24. The molecule has 0 bridgehead atoms. The van der Waals surface area contributed by atoms with Gasteiger partial charge in [-0.05, 0) is 54.0 Å². The third-order valence-corrected chi connectivity index (χ3v) is 6.04. The van der Waals surface area contributed by atoms with E-state index < -0.39 is 84.4 Å². The number of hydrogen-bond donors (Lipinski definition) is 0. The predicted octanol–water partition coefficient (Wildman–Crippen LogP) is 7.74. The molecule has 0 aromatic rings. The largest absolute Gasteiger partial charge is 0.549 e. The van der Waals surface area contributed by atoms with Gasteiger partial charge < -0.3 is 9.90 Å². The molecule has 0 saturated heterocycles. The molecule has 0 aromatic heterocycles. The number of unbranched alkanes of at least 4 members (excludes halogenated alkanes) is 1. The standard InChI is InChI=1S/C20H14F17IO2/c21-13(22)8-10(38)7-9(11(13)12(39)40)5-3-1-2-4-6-14(23,24)15(25,26)16(27,28)17(29,30)18(31,32)19(33,34)20(35,36)37/h2,4,7-8,11H,1,3,5-6H2,(H,39,40)/p-1. The zero-order valence-corrected chi connectivity index (χ0v) is 21.0. The van der Waals surface area contributed by atoms with Crippen molar-refractivity contribution in [3.63, 3.8) is 0 Å². The van der Waals surface area contributed by atoms with Crippen molar-refractivity contribution in [2.45, 2.75) is 73.3 Å². The van der Waals surface area contributed by atoms with E-state index >= 15 is 0 Å². The summed E-state index contributed by atoms with van der Waals surface area (Å²) < 4.78 is 225. The van der Waals surface area contributed by atoms with Gasteiger partial charge in [0.25, 0.3) is 5.92 Å². The van der Waals surface area contributed by atoms with Gasteiger partial charge in [0, 0.05) is 10.0 Å². The fourth-order valence-corrected chi connectivity index (χ4v) is 4.06. The summed E-state index contributed by atoms with van der Waals surface area (Å²) >= 11 is 1.41. The lowest BCUT2D eigenvalue weighted by Crippen LogP contribution is -2.72. The van der Waals surface area contributed by atoms with E-state index in [9.17, 15) is 84.5 Å². The summed E-state index contributed by atoms with van der Waals surface area (Å²) in [5.41, 5.74) is -0.416. The number of rotatable bonds is 12. The molecule has 0 amide bonds. The number of hydrogen-bond acceptors (Lipinski definition) is 2. The van der Waals surface area contributed by atoms with Gasteiger partial charge in [-0.2, -0.15) is 65.9 Å². The average Bonchev–Trinajstić information content (AvgIpc) is 2.72. The Morgan fingerprint density at radius 3 is 1.70 bits per heavy atom. The zero-order valence-electron chi connectivity index (χ0n) is 18.8. The van der Waals surface area contributed by atoms with Crippen LogP contribution in [0.3, 0.4) is 0 Å². The van der Waals surface area contributed by atoms with Crippen LogP contribution in [0.5, 0.6) is 0 Å². The smallest absolute Gasteiger partial charge is 0.460 e. The van der Waals surface area contributed by atoms with Crippen LogP contribution < -0.4 is 5.11 Å². The van der Waals surface area contributed by atoms with E-state index in [1.807, 2.05) is 0 Å². The summed E-state index contributed by atoms with van der Waals surface area (Å²) in [6, 6.07) is 0. The van der Waals surface area contributed by atoms with Gasteiger partial charge in [-0.25, -0.2) is 8.78 Å². The van der Waals surface area contributed by atoms with Gasteiger partial charge in [0.15, 0.2) is 0 Å². The number of halogens is 18. The molecule has 232 valence electrons. The second kappa shape index (κ2) is 11.1. The van der Waals surface area contributed by atoms with Crippen LogP contribution in [-0.4, -0.2) is 53.6 Å². The quantitative estimate of drug-likeness (QED) is 0.0892. The minimum absolute atomic E-state index is 0.103. The van der Waals surface area contributed by atoms with Crippen LogP contribution in [0.2, 0.25) is 0 Å². The number of carbonyl (C=O) groups excluding carboxylic acids is 1. The van der Waals surface area contributed by atoms with Crippen LogP contribution in [0.25, 0.3) is 0 Å².